The number of hydrogen-bond acceptors (Lipinski definition) is 3. The molecular formula is C15H21F2NO3. The Hall–Kier alpha value is -1.85. The molecule has 4 nitrogen and oxygen atoms in total. The van der Waals surface area contributed by atoms with E-state index < -0.39 is 18.5 Å². The van der Waals surface area contributed by atoms with Gasteiger partial charge in [-0.2, -0.15) is 8.78 Å². The van der Waals surface area contributed by atoms with Gasteiger partial charge in [0.25, 0.3) is 0 Å². The molecule has 118 valence electrons. The summed E-state index contributed by atoms with van der Waals surface area (Å²) < 4.78 is 28.9. The Morgan fingerprint density at radius 3 is 2.43 bits per heavy atom. The van der Waals surface area contributed by atoms with Gasteiger partial charge in [0, 0.05) is 5.69 Å². The first kappa shape index (κ1) is 17.2. The van der Waals surface area contributed by atoms with Crippen molar-refractivity contribution in [3.63, 3.8) is 0 Å². The summed E-state index contributed by atoms with van der Waals surface area (Å²) in [6.45, 7) is 2.85. The van der Waals surface area contributed by atoms with E-state index in [9.17, 15) is 18.7 Å². The van der Waals surface area contributed by atoms with E-state index in [2.05, 4.69) is 4.74 Å². The maximum absolute atomic E-state index is 12.3. The zero-order valence-corrected chi connectivity index (χ0v) is 12.3. The van der Waals surface area contributed by atoms with Gasteiger partial charge in [0.05, 0.1) is 5.92 Å². The van der Waals surface area contributed by atoms with Crippen molar-refractivity contribution in [1.29, 1.82) is 0 Å². The Morgan fingerprint density at radius 2 is 1.95 bits per heavy atom. The van der Waals surface area contributed by atoms with Crippen LogP contribution in [-0.2, 0) is 4.79 Å². The first-order chi connectivity index (χ1) is 9.72. The fourth-order valence-electron chi connectivity index (χ4n) is 2.56. The van der Waals surface area contributed by atoms with Gasteiger partial charge in [-0.25, -0.2) is 0 Å². The van der Waals surface area contributed by atoms with Crippen LogP contribution in [0.1, 0.15) is 38.7 Å². The van der Waals surface area contributed by atoms with Gasteiger partial charge in [0.2, 0.25) is 0 Å². The molecule has 0 aromatic heterocycles. The van der Waals surface area contributed by atoms with E-state index in [-0.39, 0.29) is 17.4 Å². The minimum atomic E-state index is -2.96. The maximum Gasteiger partial charge on any atom is 0.387 e. The van der Waals surface area contributed by atoms with Crippen LogP contribution in [0.15, 0.2) is 18.2 Å². The molecule has 1 aromatic carbocycles. The molecule has 0 saturated heterocycles. The molecule has 0 spiro atoms. The summed E-state index contributed by atoms with van der Waals surface area (Å²) in [6, 6.07) is 3.99. The molecule has 0 radical (unpaired) electrons. The van der Waals surface area contributed by atoms with E-state index in [1.807, 2.05) is 20.8 Å². The molecule has 0 aliphatic rings. The normalized spacial score (nSPS) is 14.2. The molecule has 0 bridgehead atoms. The Balaban J connectivity index is 3.15. The second-order valence-electron chi connectivity index (χ2n) is 5.59. The lowest BCUT2D eigenvalue weighted by Crippen LogP contribution is -2.22. The average Bonchev–Trinajstić information content (AvgIpc) is 2.31. The molecule has 0 aliphatic heterocycles. The third-order valence-electron chi connectivity index (χ3n) is 3.30. The minimum absolute atomic E-state index is 0.0859. The Kier molecular flexibility index (Phi) is 5.93. The summed E-state index contributed by atoms with van der Waals surface area (Å²) in [5.74, 6) is -1.81. The van der Waals surface area contributed by atoms with Crippen molar-refractivity contribution in [3.8, 4) is 5.75 Å². The van der Waals surface area contributed by atoms with Crippen LogP contribution in [0.5, 0.6) is 5.75 Å². The van der Waals surface area contributed by atoms with Gasteiger partial charge in [-0.3, -0.25) is 4.79 Å². The van der Waals surface area contributed by atoms with E-state index in [4.69, 9.17) is 5.73 Å². The van der Waals surface area contributed by atoms with E-state index >= 15 is 0 Å². The summed E-state index contributed by atoms with van der Waals surface area (Å²) in [5, 5.41) is 9.46. The average molecular weight is 301 g/mol. The lowest BCUT2D eigenvalue weighted by molar-refractivity contribution is -0.140. The number of anilines is 1. The third-order valence-corrected chi connectivity index (χ3v) is 3.30. The monoisotopic (exact) mass is 301 g/mol. The maximum atomic E-state index is 12.3. The second-order valence-corrected chi connectivity index (χ2v) is 5.59. The molecule has 3 N–H and O–H groups in total. The van der Waals surface area contributed by atoms with Gasteiger partial charge in [0.1, 0.15) is 5.75 Å². The molecule has 1 rings (SSSR count). The SMILES string of the molecule is CC(C)CC(C)C(C(=O)O)c1cc(OC(F)F)ccc1N. The molecule has 0 heterocycles. The van der Waals surface area contributed by atoms with Crippen LogP contribution < -0.4 is 10.5 Å². The highest BCUT2D eigenvalue weighted by atomic mass is 19.3. The molecule has 2 unspecified atom stereocenters. The van der Waals surface area contributed by atoms with Gasteiger partial charge in [-0.05, 0) is 42.0 Å². The molecule has 0 fully saturated rings. The lowest BCUT2D eigenvalue weighted by atomic mass is 9.81. The number of carbonyl (C=O) groups is 1. The van der Waals surface area contributed by atoms with Crippen LogP contribution in [0.4, 0.5) is 14.5 Å². The minimum Gasteiger partial charge on any atom is -0.481 e. The third kappa shape index (κ3) is 4.88. The predicted molar refractivity (Wildman–Crippen MR) is 76.5 cm³/mol. The number of benzene rings is 1. The molecule has 0 amide bonds. The van der Waals surface area contributed by atoms with E-state index in [1.165, 1.54) is 18.2 Å². The van der Waals surface area contributed by atoms with E-state index in [1.54, 1.807) is 0 Å². The number of rotatable bonds is 7. The van der Waals surface area contributed by atoms with Crippen LogP contribution >= 0.6 is 0 Å². The van der Waals surface area contributed by atoms with E-state index in [0.29, 0.717) is 17.9 Å². The Labute approximate surface area is 122 Å². The summed E-state index contributed by atoms with van der Waals surface area (Å²) >= 11 is 0. The van der Waals surface area contributed by atoms with Crippen LogP contribution in [0.2, 0.25) is 0 Å². The molecular weight excluding hydrogens is 280 g/mol. The molecule has 2 atom stereocenters. The zero-order chi connectivity index (χ0) is 16.2. The van der Waals surface area contributed by atoms with Crippen molar-refractivity contribution in [3.05, 3.63) is 23.8 Å². The van der Waals surface area contributed by atoms with Crippen molar-refractivity contribution in [2.75, 3.05) is 5.73 Å². The molecule has 0 saturated carbocycles. The van der Waals surface area contributed by atoms with Crippen molar-refractivity contribution in [2.45, 2.75) is 39.7 Å². The lowest BCUT2D eigenvalue weighted by Gasteiger charge is -2.24. The number of carboxylic acids is 1. The summed E-state index contributed by atoms with van der Waals surface area (Å²) in [6.07, 6.45) is 0.691. The smallest absolute Gasteiger partial charge is 0.387 e. The molecule has 6 heteroatoms. The fourth-order valence-corrected chi connectivity index (χ4v) is 2.56. The standard InChI is InChI=1S/C15H21F2NO3/c1-8(2)6-9(3)13(14(19)20)11-7-10(21-15(16)17)4-5-12(11)18/h4-5,7-9,13,15H,6,18H2,1-3H3,(H,19,20). The number of carboxylic acid groups (broad SMARTS) is 1. The van der Waals surface area contributed by atoms with Gasteiger partial charge in [-0.1, -0.05) is 20.8 Å². The first-order valence-corrected chi connectivity index (χ1v) is 6.79. The second kappa shape index (κ2) is 7.24. The van der Waals surface area contributed by atoms with Crippen molar-refractivity contribution in [2.24, 2.45) is 11.8 Å². The number of nitrogens with two attached hydrogens (primary N) is 1. The van der Waals surface area contributed by atoms with Crippen LogP contribution in [0.25, 0.3) is 0 Å². The van der Waals surface area contributed by atoms with Crippen molar-refractivity contribution in [1.82, 2.24) is 0 Å². The van der Waals surface area contributed by atoms with Crippen molar-refractivity contribution < 1.29 is 23.4 Å². The quantitative estimate of drug-likeness (QED) is 0.753. The topological polar surface area (TPSA) is 72.5 Å². The van der Waals surface area contributed by atoms with Crippen LogP contribution in [0, 0.1) is 11.8 Å². The van der Waals surface area contributed by atoms with Gasteiger partial charge < -0.3 is 15.6 Å². The first-order valence-electron chi connectivity index (χ1n) is 6.79. The van der Waals surface area contributed by atoms with Gasteiger partial charge in [-0.15, -0.1) is 0 Å². The summed E-state index contributed by atoms with van der Waals surface area (Å²) in [7, 11) is 0. The summed E-state index contributed by atoms with van der Waals surface area (Å²) in [4.78, 5) is 11.6. The molecule has 21 heavy (non-hydrogen) atoms. The largest absolute Gasteiger partial charge is 0.481 e. The molecule has 1 aromatic rings. The number of ether oxygens (including phenoxy) is 1. The predicted octanol–water partition coefficient (Wildman–Crippen LogP) is 3.72. The number of halogens is 2. The van der Waals surface area contributed by atoms with Gasteiger partial charge >= 0.3 is 12.6 Å². The zero-order valence-electron chi connectivity index (χ0n) is 12.3. The number of alkyl halides is 2. The Bertz CT molecular complexity index is 492. The van der Waals surface area contributed by atoms with Gasteiger partial charge in [0.15, 0.2) is 0 Å². The highest BCUT2D eigenvalue weighted by Gasteiger charge is 2.29. The summed E-state index contributed by atoms with van der Waals surface area (Å²) in [5.41, 5.74) is 6.40. The Morgan fingerprint density at radius 1 is 1.33 bits per heavy atom. The number of nitrogen functional groups attached to an aromatic ring is 1. The van der Waals surface area contributed by atoms with Crippen LogP contribution in [0.3, 0.4) is 0 Å². The number of aliphatic carboxylic acids is 1. The van der Waals surface area contributed by atoms with Crippen LogP contribution in [-0.4, -0.2) is 17.7 Å². The highest BCUT2D eigenvalue weighted by molar-refractivity contribution is 5.79. The van der Waals surface area contributed by atoms with Crippen molar-refractivity contribution >= 4 is 11.7 Å². The van der Waals surface area contributed by atoms with E-state index in [0.717, 1.165) is 0 Å². The number of hydrogen-bond donors (Lipinski definition) is 2. The highest BCUT2D eigenvalue weighted by Crippen LogP contribution is 2.35. The molecule has 0 aliphatic carbocycles. The fraction of sp³-hybridized carbons (Fsp3) is 0.533.